The van der Waals surface area contributed by atoms with Gasteiger partial charge in [-0.15, -0.1) is 0 Å². The number of carbonyl (C=O) groups is 2. The molecule has 2 unspecified atom stereocenters. The molecule has 7 nitrogen and oxygen atoms in total. The number of fused-ring (bicyclic) bond motifs is 1. The number of aliphatic carboxylic acids is 1. The summed E-state index contributed by atoms with van der Waals surface area (Å²) in [4.78, 5) is 36.3. The number of carboxylic acids is 1. The van der Waals surface area contributed by atoms with Crippen molar-refractivity contribution in [2.75, 3.05) is 0 Å². The van der Waals surface area contributed by atoms with Crippen LogP contribution in [-0.2, 0) is 22.4 Å². The van der Waals surface area contributed by atoms with E-state index in [9.17, 15) is 19.5 Å². The van der Waals surface area contributed by atoms with E-state index in [4.69, 9.17) is 9.15 Å². The van der Waals surface area contributed by atoms with E-state index in [-0.39, 0.29) is 6.42 Å². The first-order chi connectivity index (χ1) is 15.3. The molecule has 0 radical (unpaired) electrons. The molecule has 0 aliphatic carbocycles. The maximum atomic E-state index is 12.6. The van der Waals surface area contributed by atoms with Crippen molar-refractivity contribution in [3.63, 3.8) is 0 Å². The van der Waals surface area contributed by atoms with Crippen LogP contribution in [0.3, 0.4) is 0 Å². The van der Waals surface area contributed by atoms with Gasteiger partial charge >= 0.3 is 11.6 Å². The summed E-state index contributed by atoms with van der Waals surface area (Å²) in [5.41, 5.74) is 2.31. The predicted octanol–water partition coefficient (Wildman–Crippen LogP) is 3.63. The van der Waals surface area contributed by atoms with Crippen LogP contribution in [0.25, 0.3) is 11.0 Å². The Morgan fingerprint density at radius 1 is 1.16 bits per heavy atom. The van der Waals surface area contributed by atoms with Crippen LogP contribution in [-0.4, -0.2) is 29.1 Å². The van der Waals surface area contributed by atoms with Crippen molar-refractivity contribution in [2.24, 2.45) is 0 Å². The summed E-state index contributed by atoms with van der Waals surface area (Å²) < 4.78 is 11.2. The fourth-order valence-electron chi connectivity index (χ4n) is 3.59. The van der Waals surface area contributed by atoms with Crippen molar-refractivity contribution in [1.82, 2.24) is 5.32 Å². The number of rotatable bonds is 9. The molecule has 0 aliphatic rings. The van der Waals surface area contributed by atoms with Crippen molar-refractivity contribution < 1.29 is 23.8 Å². The molecule has 2 N–H and O–H groups in total. The molecule has 1 aromatic heterocycles. The van der Waals surface area contributed by atoms with Gasteiger partial charge < -0.3 is 19.6 Å². The molecular formula is C25H27NO6. The molecule has 0 aliphatic heterocycles. The summed E-state index contributed by atoms with van der Waals surface area (Å²) in [6.45, 7) is 5.34. The maximum Gasteiger partial charge on any atom is 0.336 e. The Morgan fingerprint density at radius 2 is 1.88 bits per heavy atom. The Bertz CT molecular complexity index is 1170. The topological polar surface area (TPSA) is 106 Å². The maximum absolute atomic E-state index is 12.6. The quantitative estimate of drug-likeness (QED) is 0.495. The van der Waals surface area contributed by atoms with Gasteiger partial charge in [0.1, 0.15) is 17.4 Å². The minimum Gasteiger partial charge on any atom is -0.480 e. The summed E-state index contributed by atoms with van der Waals surface area (Å²) in [5, 5.41) is 12.9. The van der Waals surface area contributed by atoms with E-state index in [0.29, 0.717) is 16.9 Å². The van der Waals surface area contributed by atoms with Gasteiger partial charge in [0.05, 0.1) is 0 Å². The summed E-state index contributed by atoms with van der Waals surface area (Å²) in [6, 6.07) is 13.0. The van der Waals surface area contributed by atoms with Gasteiger partial charge in [0.2, 0.25) is 0 Å². The Morgan fingerprint density at radius 3 is 2.53 bits per heavy atom. The highest BCUT2D eigenvalue weighted by molar-refractivity contribution is 5.87. The molecule has 3 rings (SSSR count). The van der Waals surface area contributed by atoms with Gasteiger partial charge in [-0.05, 0) is 43.5 Å². The summed E-state index contributed by atoms with van der Waals surface area (Å²) in [7, 11) is 0. The number of amides is 1. The molecular weight excluding hydrogens is 410 g/mol. The van der Waals surface area contributed by atoms with Gasteiger partial charge in [-0.25, -0.2) is 9.59 Å². The van der Waals surface area contributed by atoms with Crippen molar-refractivity contribution in [2.45, 2.75) is 52.2 Å². The average Bonchev–Trinajstić information content (AvgIpc) is 2.76. The van der Waals surface area contributed by atoms with Crippen LogP contribution in [0.1, 0.15) is 37.0 Å². The lowest BCUT2D eigenvalue weighted by Crippen LogP contribution is -2.47. The zero-order valence-corrected chi connectivity index (χ0v) is 18.4. The molecule has 7 heteroatoms. The third-order valence-electron chi connectivity index (χ3n) is 5.29. The van der Waals surface area contributed by atoms with Crippen molar-refractivity contribution in [3.8, 4) is 5.75 Å². The van der Waals surface area contributed by atoms with E-state index in [2.05, 4.69) is 5.32 Å². The normalized spacial score (nSPS) is 12.8. The van der Waals surface area contributed by atoms with Crippen molar-refractivity contribution >= 4 is 22.8 Å². The zero-order valence-electron chi connectivity index (χ0n) is 18.4. The van der Waals surface area contributed by atoms with E-state index in [1.807, 2.05) is 31.2 Å². The number of hydrogen-bond donors (Lipinski definition) is 2. The molecule has 168 valence electrons. The molecule has 2 atom stereocenters. The van der Waals surface area contributed by atoms with Gasteiger partial charge in [-0.2, -0.15) is 0 Å². The molecule has 2 aromatic carbocycles. The smallest absolute Gasteiger partial charge is 0.336 e. The van der Waals surface area contributed by atoms with Gasteiger partial charge in [0.15, 0.2) is 6.10 Å². The summed E-state index contributed by atoms with van der Waals surface area (Å²) in [5.74, 6) is -1.28. The molecule has 1 heterocycles. The number of nitrogens with one attached hydrogen (secondary N) is 1. The fraction of sp³-hybridized carbons (Fsp3) is 0.320. The van der Waals surface area contributed by atoms with Gasteiger partial charge in [0.25, 0.3) is 5.91 Å². The third kappa shape index (κ3) is 5.35. The Hall–Kier alpha value is -3.61. The fourth-order valence-corrected chi connectivity index (χ4v) is 3.59. The van der Waals surface area contributed by atoms with E-state index in [1.165, 1.54) is 6.07 Å². The molecule has 0 spiro atoms. The number of aryl methyl sites for hydroxylation is 2. The molecule has 3 aromatic rings. The van der Waals surface area contributed by atoms with Crippen molar-refractivity contribution in [3.05, 3.63) is 75.6 Å². The van der Waals surface area contributed by atoms with Crippen LogP contribution in [0.4, 0.5) is 0 Å². The lowest BCUT2D eigenvalue weighted by molar-refractivity contribution is -0.142. The van der Waals surface area contributed by atoms with Crippen LogP contribution in [0.15, 0.2) is 57.7 Å². The SMILES string of the molecule is CCCc1cc(=O)oc2c(C)c(OC(C)C(=O)NC(Cc3ccccc3)C(=O)O)ccc12. The van der Waals surface area contributed by atoms with E-state index >= 15 is 0 Å². The van der Waals surface area contributed by atoms with E-state index in [0.717, 1.165) is 29.4 Å². The minimum absolute atomic E-state index is 0.162. The van der Waals surface area contributed by atoms with Crippen LogP contribution in [0.2, 0.25) is 0 Å². The lowest BCUT2D eigenvalue weighted by Gasteiger charge is -2.20. The third-order valence-corrected chi connectivity index (χ3v) is 5.29. The van der Waals surface area contributed by atoms with E-state index in [1.54, 1.807) is 32.0 Å². The number of carboxylic acid groups (broad SMARTS) is 1. The monoisotopic (exact) mass is 437 g/mol. The number of ether oxygens (including phenoxy) is 1. The highest BCUT2D eigenvalue weighted by atomic mass is 16.5. The predicted molar refractivity (Wildman–Crippen MR) is 121 cm³/mol. The Labute approximate surface area is 186 Å². The minimum atomic E-state index is -1.12. The first-order valence-electron chi connectivity index (χ1n) is 10.6. The highest BCUT2D eigenvalue weighted by Gasteiger charge is 2.25. The number of hydrogen-bond acceptors (Lipinski definition) is 5. The first-order valence-corrected chi connectivity index (χ1v) is 10.6. The largest absolute Gasteiger partial charge is 0.480 e. The molecule has 0 fully saturated rings. The van der Waals surface area contributed by atoms with Crippen LogP contribution < -0.4 is 15.7 Å². The van der Waals surface area contributed by atoms with Gasteiger partial charge in [-0.1, -0.05) is 43.7 Å². The Kier molecular flexibility index (Phi) is 7.30. The second-order valence-electron chi connectivity index (χ2n) is 7.76. The lowest BCUT2D eigenvalue weighted by atomic mass is 10.0. The van der Waals surface area contributed by atoms with Gasteiger partial charge in [0, 0.05) is 23.4 Å². The van der Waals surface area contributed by atoms with Crippen LogP contribution in [0, 0.1) is 6.92 Å². The Balaban J connectivity index is 1.77. The zero-order chi connectivity index (χ0) is 23.3. The summed E-state index contributed by atoms with van der Waals surface area (Å²) in [6.07, 6.45) is 0.850. The molecule has 0 saturated carbocycles. The molecule has 0 saturated heterocycles. The number of carbonyl (C=O) groups excluding carboxylic acids is 1. The molecule has 32 heavy (non-hydrogen) atoms. The average molecular weight is 437 g/mol. The standard InChI is InChI=1S/C25H27NO6/c1-4-8-18-14-22(27)32-23-15(2)21(12-11-19(18)23)31-16(3)24(28)26-20(25(29)30)13-17-9-6-5-7-10-17/h5-7,9-12,14,16,20H,4,8,13H2,1-3H3,(H,26,28)(H,29,30). The molecule has 0 bridgehead atoms. The highest BCUT2D eigenvalue weighted by Crippen LogP contribution is 2.29. The first kappa shape index (κ1) is 23.1. The van der Waals surface area contributed by atoms with E-state index < -0.39 is 29.6 Å². The van der Waals surface area contributed by atoms with Gasteiger partial charge in [-0.3, -0.25) is 4.79 Å². The second kappa shape index (κ2) is 10.1. The van der Waals surface area contributed by atoms with Crippen LogP contribution in [0.5, 0.6) is 5.75 Å². The number of benzene rings is 2. The van der Waals surface area contributed by atoms with Crippen molar-refractivity contribution in [1.29, 1.82) is 0 Å². The summed E-state index contributed by atoms with van der Waals surface area (Å²) >= 11 is 0. The second-order valence-corrected chi connectivity index (χ2v) is 7.76. The molecule has 1 amide bonds. The van der Waals surface area contributed by atoms with Crippen LogP contribution >= 0.6 is 0 Å².